The fraction of sp³-hybridized carbons (Fsp3) is 0.714. The number of hydrogen-bond donors (Lipinski definition) is 1. The van der Waals surface area contributed by atoms with E-state index in [1.165, 1.54) is 70.6 Å². The topological polar surface area (TPSA) is 55.4 Å². The Hall–Kier alpha value is -1.84. The SMILES string of the molecule is CCCCCCCCCCCCCCCOC(=O)C(NC(=O)c1ccc(C)cc1)C(C)C. The number of benzene rings is 1. The second-order valence-electron chi connectivity index (χ2n) is 9.47. The normalized spacial score (nSPS) is 12.0. The number of amides is 1. The van der Waals surface area contributed by atoms with Gasteiger partial charge in [0.15, 0.2) is 0 Å². The van der Waals surface area contributed by atoms with Gasteiger partial charge in [-0.3, -0.25) is 4.79 Å². The van der Waals surface area contributed by atoms with Gasteiger partial charge in [0.2, 0.25) is 0 Å². The summed E-state index contributed by atoms with van der Waals surface area (Å²) in [5.41, 5.74) is 1.66. The van der Waals surface area contributed by atoms with E-state index in [1.807, 2.05) is 32.9 Å². The maximum absolute atomic E-state index is 12.5. The minimum atomic E-state index is -0.620. The molecule has 0 bridgehead atoms. The molecule has 1 atom stereocenters. The number of carbonyl (C=O) groups is 2. The lowest BCUT2D eigenvalue weighted by atomic mass is 10.0. The molecule has 1 aromatic carbocycles. The van der Waals surface area contributed by atoms with Gasteiger partial charge in [-0.05, 0) is 31.4 Å². The highest BCUT2D eigenvalue weighted by molar-refractivity contribution is 5.96. The van der Waals surface area contributed by atoms with Crippen molar-refractivity contribution in [3.63, 3.8) is 0 Å². The molecule has 0 aliphatic rings. The molecule has 1 amide bonds. The number of esters is 1. The number of unbranched alkanes of at least 4 members (excludes halogenated alkanes) is 12. The molecule has 1 N–H and O–H groups in total. The van der Waals surface area contributed by atoms with Gasteiger partial charge in [-0.2, -0.15) is 0 Å². The standard InChI is InChI=1S/C28H47NO3/c1-5-6-7-8-9-10-11-12-13-14-15-16-17-22-32-28(31)26(23(2)3)29-27(30)25-20-18-24(4)19-21-25/h18-21,23,26H,5-17,22H2,1-4H3,(H,29,30). The number of carbonyl (C=O) groups excluding carboxylic acids is 2. The van der Waals surface area contributed by atoms with Gasteiger partial charge in [-0.15, -0.1) is 0 Å². The first-order chi connectivity index (χ1) is 15.5. The monoisotopic (exact) mass is 445 g/mol. The first-order valence-electron chi connectivity index (χ1n) is 13.0. The van der Waals surface area contributed by atoms with E-state index in [4.69, 9.17) is 4.74 Å². The van der Waals surface area contributed by atoms with Crippen molar-refractivity contribution >= 4 is 11.9 Å². The summed E-state index contributed by atoms with van der Waals surface area (Å²) in [5.74, 6) is -0.593. The molecule has 4 heteroatoms. The van der Waals surface area contributed by atoms with Gasteiger partial charge in [0.25, 0.3) is 5.91 Å². The molecule has 1 aromatic rings. The Balaban J connectivity index is 2.11. The van der Waals surface area contributed by atoms with Crippen LogP contribution in [0.15, 0.2) is 24.3 Å². The first-order valence-corrected chi connectivity index (χ1v) is 13.0. The number of nitrogens with one attached hydrogen (secondary N) is 1. The Labute approximate surface area is 196 Å². The van der Waals surface area contributed by atoms with Gasteiger partial charge in [-0.1, -0.05) is 116 Å². The van der Waals surface area contributed by atoms with Crippen molar-refractivity contribution in [1.29, 1.82) is 0 Å². The lowest BCUT2D eigenvalue weighted by Gasteiger charge is -2.21. The van der Waals surface area contributed by atoms with Crippen LogP contribution >= 0.6 is 0 Å². The van der Waals surface area contributed by atoms with Crippen molar-refractivity contribution in [2.75, 3.05) is 6.61 Å². The fourth-order valence-electron chi connectivity index (χ4n) is 3.81. The van der Waals surface area contributed by atoms with E-state index < -0.39 is 6.04 Å². The summed E-state index contributed by atoms with van der Waals surface area (Å²) in [6.07, 6.45) is 16.8. The van der Waals surface area contributed by atoms with E-state index in [0.717, 1.165) is 18.4 Å². The van der Waals surface area contributed by atoms with Crippen molar-refractivity contribution < 1.29 is 14.3 Å². The lowest BCUT2D eigenvalue weighted by Crippen LogP contribution is -2.45. The highest BCUT2D eigenvalue weighted by atomic mass is 16.5. The van der Waals surface area contributed by atoms with Crippen LogP contribution in [0.3, 0.4) is 0 Å². The second-order valence-corrected chi connectivity index (χ2v) is 9.47. The maximum Gasteiger partial charge on any atom is 0.328 e. The first kappa shape index (κ1) is 28.2. The number of rotatable bonds is 18. The third-order valence-corrected chi connectivity index (χ3v) is 6.01. The Kier molecular flexibility index (Phi) is 15.6. The maximum atomic E-state index is 12.5. The van der Waals surface area contributed by atoms with E-state index in [1.54, 1.807) is 12.1 Å². The van der Waals surface area contributed by atoms with Crippen LogP contribution in [0.4, 0.5) is 0 Å². The van der Waals surface area contributed by atoms with Crippen molar-refractivity contribution in [2.45, 2.75) is 117 Å². The predicted molar refractivity (Wildman–Crippen MR) is 134 cm³/mol. The lowest BCUT2D eigenvalue weighted by molar-refractivity contribution is -0.147. The summed E-state index contributed by atoms with van der Waals surface area (Å²) in [6.45, 7) is 8.52. The zero-order chi connectivity index (χ0) is 23.6. The molecule has 0 radical (unpaired) electrons. The van der Waals surface area contributed by atoms with Gasteiger partial charge in [0.1, 0.15) is 6.04 Å². The van der Waals surface area contributed by atoms with Crippen LogP contribution in [0.1, 0.15) is 120 Å². The largest absolute Gasteiger partial charge is 0.464 e. The quantitative estimate of drug-likeness (QED) is 0.189. The molecule has 0 spiro atoms. The smallest absolute Gasteiger partial charge is 0.328 e. The Bertz CT molecular complexity index is 624. The molecule has 182 valence electrons. The third kappa shape index (κ3) is 12.9. The van der Waals surface area contributed by atoms with Gasteiger partial charge in [0.05, 0.1) is 6.61 Å². The van der Waals surface area contributed by atoms with Crippen molar-refractivity contribution in [3.05, 3.63) is 35.4 Å². The van der Waals surface area contributed by atoms with Crippen LogP contribution in [0.2, 0.25) is 0 Å². The average Bonchev–Trinajstić information content (AvgIpc) is 2.77. The van der Waals surface area contributed by atoms with E-state index in [-0.39, 0.29) is 17.8 Å². The van der Waals surface area contributed by atoms with E-state index in [0.29, 0.717) is 12.2 Å². The summed E-state index contributed by atoms with van der Waals surface area (Å²) < 4.78 is 5.47. The highest BCUT2D eigenvalue weighted by Gasteiger charge is 2.26. The Morgan fingerprint density at radius 1 is 0.781 bits per heavy atom. The molecule has 0 aliphatic heterocycles. The highest BCUT2D eigenvalue weighted by Crippen LogP contribution is 2.13. The van der Waals surface area contributed by atoms with Crippen molar-refractivity contribution in [3.8, 4) is 0 Å². The molecule has 32 heavy (non-hydrogen) atoms. The van der Waals surface area contributed by atoms with E-state index >= 15 is 0 Å². The van der Waals surface area contributed by atoms with Crippen LogP contribution in [0.25, 0.3) is 0 Å². The van der Waals surface area contributed by atoms with Crippen LogP contribution in [-0.2, 0) is 9.53 Å². The minimum Gasteiger partial charge on any atom is -0.464 e. The Morgan fingerprint density at radius 3 is 1.72 bits per heavy atom. The van der Waals surface area contributed by atoms with Crippen LogP contribution in [-0.4, -0.2) is 24.5 Å². The van der Waals surface area contributed by atoms with Gasteiger partial charge < -0.3 is 10.1 Å². The minimum absolute atomic E-state index is 0.0245. The molecule has 0 saturated heterocycles. The second kappa shape index (κ2) is 17.7. The fourth-order valence-corrected chi connectivity index (χ4v) is 3.81. The van der Waals surface area contributed by atoms with Crippen LogP contribution in [0, 0.1) is 12.8 Å². The summed E-state index contributed by atoms with van der Waals surface area (Å²) in [4.78, 5) is 24.9. The van der Waals surface area contributed by atoms with E-state index in [9.17, 15) is 9.59 Å². The molecule has 1 unspecified atom stereocenters. The summed E-state index contributed by atoms with van der Waals surface area (Å²) in [5, 5.41) is 2.84. The van der Waals surface area contributed by atoms with Gasteiger partial charge in [0, 0.05) is 5.56 Å². The van der Waals surface area contributed by atoms with Crippen molar-refractivity contribution in [1.82, 2.24) is 5.32 Å². The zero-order valence-electron chi connectivity index (χ0n) is 21.1. The Morgan fingerprint density at radius 2 is 1.25 bits per heavy atom. The molecule has 0 aliphatic carbocycles. The number of hydrogen-bond acceptors (Lipinski definition) is 3. The summed E-state index contributed by atoms with van der Waals surface area (Å²) in [6, 6.07) is 6.73. The zero-order valence-corrected chi connectivity index (χ0v) is 21.1. The van der Waals surface area contributed by atoms with Gasteiger partial charge >= 0.3 is 5.97 Å². The molecule has 4 nitrogen and oxygen atoms in total. The molecular formula is C28H47NO3. The molecule has 0 saturated carbocycles. The molecular weight excluding hydrogens is 398 g/mol. The third-order valence-electron chi connectivity index (χ3n) is 6.01. The summed E-state index contributed by atoms with van der Waals surface area (Å²) in [7, 11) is 0. The molecule has 0 heterocycles. The predicted octanol–water partition coefficient (Wildman–Crippen LogP) is 7.38. The van der Waals surface area contributed by atoms with Crippen LogP contribution < -0.4 is 5.32 Å². The van der Waals surface area contributed by atoms with Gasteiger partial charge in [-0.25, -0.2) is 4.79 Å². The molecule has 0 fully saturated rings. The molecule has 1 rings (SSSR count). The molecule has 0 aromatic heterocycles. The summed E-state index contributed by atoms with van der Waals surface area (Å²) >= 11 is 0. The van der Waals surface area contributed by atoms with Crippen molar-refractivity contribution in [2.24, 2.45) is 5.92 Å². The average molecular weight is 446 g/mol. The number of aryl methyl sites for hydroxylation is 1. The van der Waals surface area contributed by atoms with Crippen LogP contribution in [0.5, 0.6) is 0 Å². The number of ether oxygens (including phenoxy) is 1. The van der Waals surface area contributed by atoms with E-state index in [2.05, 4.69) is 12.2 Å².